The maximum absolute atomic E-state index is 12.5. The molecule has 0 spiro atoms. The van der Waals surface area contributed by atoms with Crippen LogP contribution in [0.2, 0.25) is 0 Å². The Balaban J connectivity index is 1.59. The summed E-state index contributed by atoms with van der Waals surface area (Å²) in [6.07, 6.45) is 0. The van der Waals surface area contributed by atoms with Crippen LogP contribution in [0.1, 0.15) is 34.0 Å². The average Bonchev–Trinajstić information content (AvgIpc) is 3.14. The minimum atomic E-state index is -0.141. The van der Waals surface area contributed by atoms with Crippen LogP contribution in [0.25, 0.3) is 16.6 Å². The molecule has 0 aliphatic carbocycles. The van der Waals surface area contributed by atoms with E-state index in [0.29, 0.717) is 16.4 Å². The standard InChI is InChI=1S/C23H22N4O2S/c1-13-5-6-18-11-14(2)22-25-26-23(27(22)21(18)15(13)3)30-12-20(29)24-19-9-7-17(8-10-19)16(4)28/h5-11H,12H2,1-4H3,(H,24,29). The van der Waals surface area contributed by atoms with E-state index < -0.39 is 0 Å². The van der Waals surface area contributed by atoms with E-state index in [9.17, 15) is 9.59 Å². The van der Waals surface area contributed by atoms with Gasteiger partial charge in [0.15, 0.2) is 16.6 Å². The Morgan fingerprint density at radius 1 is 1.00 bits per heavy atom. The maximum atomic E-state index is 12.5. The summed E-state index contributed by atoms with van der Waals surface area (Å²) in [5.74, 6) is 0.0580. The third-order valence-electron chi connectivity index (χ3n) is 5.22. The summed E-state index contributed by atoms with van der Waals surface area (Å²) >= 11 is 1.35. The van der Waals surface area contributed by atoms with Crippen LogP contribution in [-0.4, -0.2) is 32.0 Å². The number of carbonyl (C=O) groups excluding carboxylic acids is 2. The molecular weight excluding hydrogens is 396 g/mol. The molecule has 0 aliphatic rings. The van der Waals surface area contributed by atoms with Crippen LogP contribution in [0.4, 0.5) is 5.69 Å². The van der Waals surface area contributed by atoms with Crippen molar-refractivity contribution < 1.29 is 9.59 Å². The molecule has 152 valence electrons. The fourth-order valence-corrected chi connectivity index (χ4v) is 4.21. The Hall–Kier alpha value is -3.19. The lowest BCUT2D eigenvalue weighted by Gasteiger charge is -2.11. The Morgan fingerprint density at radius 2 is 1.73 bits per heavy atom. The fourth-order valence-electron chi connectivity index (χ4n) is 3.47. The van der Waals surface area contributed by atoms with Gasteiger partial charge in [-0.3, -0.25) is 14.0 Å². The molecule has 0 fully saturated rings. The van der Waals surface area contributed by atoms with E-state index in [4.69, 9.17) is 0 Å². The highest BCUT2D eigenvalue weighted by Crippen LogP contribution is 2.29. The number of nitrogens with one attached hydrogen (secondary N) is 1. The highest BCUT2D eigenvalue weighted by molar-refractivity contribution is 7.99. The first kappa shape index (κ1) is 20.1. The molecule has 1 amide bonds. The van der Waals surface area contributed by atoms with Gasteiger partial charge in [0, 0.05) is 11.3 Å². The summed E-state index contributed by atoms with van der Waals surface area (Å²) in [5.41, 5.74) is 6.57. The molecule has 0 saturated heterocycles. The second-order valence-corrected chi connectivity index (χ2v) is 8.33. The van der Waals surface area contributed by atoms with Crippen LogP contribution in [0.3, 0.4) is 0 Å². The number of nitrogens with zero attached hydrogens (tertiary/aromatic N) is 3. The predicted octanol–water partition coefficient (Wildman–Crippen LogP) is 4.74. The second-order valence-electron chi connectivity index (χ2n) is 7.38. The second kappa shape index (κ2) is 7.91. The number of hydrogen-bond acceptors (Lipinski definition) is 5. The summed E-state index contributed by atoms with van der Waals surface area (Å²) in [4.78, 5) is 23.8. The molecule has 7 heteroatoms. The van der Waals surface area contributed by atoms with Crippen LogP contribution in [0, 0.1) is 20.8 Å². The zero-order valence-electron chi connectivity index (χ0n) is 17.3. The summed E-state index contributed by atoms with van der Waals surface area (Å²) in [7, 11) is 0. The van der Waals surface area contributed by atoms with Gasteiger partial charge in [-0.05, 0) is 80.1 Å². The molecule has 0 saturated carbocycles. The highest BCUT2D eigenvalue weighted by Gasteiger charge is 2.16. The van der Waals surface area contributed by atoms with Crippen molar-refractivity contribution in [2.45, 2.75) is 32.9 Å². The van der Waals surface area contributed by atoms with Gasteiger partial charge in [0.25, 0.3) is 0 Å². The van der Waals surface area contributed by atoms with Crippen molar-refractivity contribution in [1.29, 1.82) is 0 Å². The third kappa shape index (κ3) is 3.68. The number of fused-ring (bicyclic) bond motifs is 3. The Kier molecular flexibility index (Phi) is 5.30. The zero-order valence-corrected chi connectivity index (χ0v) is 18.1. The van der Waals surface area contributed by atoms with E-state index in [1.54, 1.807) is 24.3 Å². The van der Waals surface area contributed by atoms with Crippen LogP contribution in [-0.2, 0) is 4.79 Å². The first-order valence-corrected chi connectivity index (χ1v) is 10.6. The molecule has 6 nitrogen and oxygen atoms in total. The van der Waals surface area contributed by atoms with Crippen LogP contribution in [0.5, 0.6) is 0 Å². The molecule has 0 bridgehead atoms. The van der Waals surface area contributed by atoms with Crippen molar-refractivity contribution in [2.75, 3.05) is 11.1 Å². The largest absolute Gasteiger partial charge is 0.325 e. The average molecular weight is 419 g/mol. The molecule has 2 aromatic heterocycles. The highest BCUT2D eigenvalue weighted by atomic mass is 32.2. The smallest absolute Gasteiger partial charge is 0.234 e. The first-order chi connectivity index (χ1) is 14.3. The molecule has 0 radical (unpaired) electrons. The minimum Gasteiger partial charge on any atom is -0.325 e. The van der Waals surface area contributed by atoms with Crippen molar-refractivity contribution in [3.05, 3.63) is 64.7 Å². The molecule has 0 atom stereocenters. The van der Waals surface area contributed by atoms with Crippen molar-refractivity contribution in [1.82, 2.24) is 14.6 Å². The molecule has 0 aliphatic heterocycles. The molecule has 2 heterocycles. The molecular formula is C23H22N4O2S. The summed E-state index contributed by atoms with van der Waals surface area (Å²) < 4.78 is 2.05. The number of rotatable bonds is 5. The number of carbonyl (C=O) groups is 2. The molecule has 1 N–H and O–H groups in total. The van der Waals surface area contributed by atoms with Gasteiger partial charge in [-0.25, -0.2) is 0 Å². The van der Waals surface area contributed by atoms with E-state index in [1.165, 1.54) is 29.8 Å². The zero-order chi connectivity index (χ0) is 21.4. The number of ketones is 1. The van der Waals surface area contributed by atoms with E-state index in [0.717, 1.165) is 22.1 Å². The fraction of sp³-hybridized carbons (Fsp3) is 0.217. The van der Waals surface area contributed by atoms with Gasteiger partial charge in [0.05, 0.1) is 11.3 Å². The van der Waals surface area contributed by atoms with Gasteiger partial charge in [-0.2, -0.15) is 0 Å². The summed E-state index contributed by atoms with van der Waals surface area (Å²) in [5, 5.41) is 13.4. The molecule has 4 aromatic rings. The Morgan fingerprint density at radius 3 is 2.43 bits per heavy atom. The van der Waals surface area contributed by atoms with Crippen LogP contribution < -0.4 is 5.32 Å². The van der Waals surface area contributed by atoms with Gasteiger partial charge in [0.2, 0.25) is 5.91 Å². The lowest BCUT2D eigenvalue weighted by atomic mass is 10.0. The lowest BCUT2D eigenvalue weighted by molar-refractivity contribution is -0.113. The van der Waals surface area contributed by atoms with Crippen LogP contribution >= 0.6 is 11.8 Å². The number of anilines is 1. The number of aromatic nitrogens is 3. The Labute approximate surface area is 178 Å². The quantitative estimate of drug-likeness (QED) is 0.374. The van der Waals surface area contributed by atoms with E-state index >= 15 is 0 Å². The minimum absolute atomic E-state index is 0.00447. The van der Waals surface area contributed by atoms with Crippen molar-refractivity contribution >= 4 is 45.7 Å². The molecule has 0 unspecified atom stereocenters. The predicted molar refractivity (Wildman–Crippen MR) is 121 cm³/mol. The number of thioether (sulfide) groups is 1. The normalized spacial score (nSPS) is 11.2. The molecule has 2 aromatic carbocycles. The van der Waals surface area contributed by atoms with Gasteiger partial charge in [-0.15, -0.1) is 10.2 Å². The van der Waals surface area contributed by atoms with Crippen LogP contribution in [0.15, 0.2) is 47.6 Å². The van der Waals surface area contributed by atoms with Gasteiger partial charge >= 0.3 is 0 Å². The lowest BCUT2D eigenvalue weighted by Crippen LogP contribution is -2.14. The first-order valence-electron chi connectivity index (χ1n) is 9.63. The van der Waals surface area contributed by atoms with Crippen molar-refractivity contribution in [3.8, 4) is 0 Å². The van der Waals surface area contributed by atoms with Crippen molar-refractivity contribution in [2.24, 2.45) is 0 Å². The number of hydrogen-bond donors (Lipinski definition) is 1. The molecule has 30 heavy (non-hydrogen) atoms. The van der Waals surface area contributed by atoms with Gasteiger partial charge in [0.1, 0.15) is 0 Å². The Bertz CT molecular complexity index is 1290. The maximum Gasteiger partial charge on any atom is 0.234 e. The SMILES string of the molecule is CC(=O)c1ccc(NC(=O)CSc2nnc3c(C)cc4ccc(C)c(C)c4n23)cc1. The van der Waals surface area contributed by atoms with E-state index in [-0.39, 0.29) is 17.4 Å². The number of aryl methyl sites for hydroxylation is 3. The van der Waals surface area contributed by atoms with E-state index in [2.05, 4.69) is 47.6 Å². The number of benzene rings is 2. The number of pyridine rings is 1. The van der Waals surface area contributed by atoms with E-state index in [1.807, 2.05) is 11.3 Å². The van der Waals surface area contributed by atoms with Gasteiger partial charge in [-0.1, -0.05) is 23.9 Å². The van der Waals surface area contributed by atoms with Gasteiger partial charge < -0.3 is 5.32 Å². The number of amides is 1. The topological polar surface area (TPSA) is 76.4 Å². The monoisotopic (exact) mass is 418 g/mol. The number of Topliss-reactive ketones (excluding diaryl/α,β-unsaturated/α-hetero) is 1. The summed E-state index contributed by atoms with van der Waals surface area (Å²) in [6, 6.07) is 13.2. The summed E-state index contributed by atoms with van der Waals surface area (Å²) in [6.45, 7) is 7.72. The molecule has 4 rings (SSSR count). The third-order valence-corrected chi connectivity index (χ3v) is 6.15. The van der Waals surface area contributed by atoms with Crippen molar-refractivity contribution in [3.63, 3.8) is 0 Å².